The van der Waals surface area contributed by atoms with Crippen molar-refractivity contribution in [1.29, 1.82) is 0 Å². The van der Waals surface area contributed by atoms with Crippen LogP contribution in [0.25, 0.3) is 0 Å². The third-order valence-electron chi connectivity index (χ3n) is 3.93. The predicted octanol–water partition coefficient (Wildman–Crippen LogP) is 2.94. The minimum absolute atomic E-state index is 0.0663. The maximum Gasteiger partial charge on any atom is 0.412 e. The highest BCUT2D eigenvalue weighted by Gasteiger charge is 2.42. The van der Waals surface area contributed by atoms with Crippen molar-refractivity contribution in [2.45, 2.75) is 25.1 Å². The molecule has 2 N–H and O–H groups in total. The molecular weight excluding hydrogens is 332 g/mol. The zero-order chi connectivity index (χ0) is 17.9. The number of amides is 2. The second-order valence-electron chi connectivity index (χ2n) is 5.58. The number of alkyl halides is 3. The maximum absolute atomic E-state index is 13.2. The van der Waals surface area contributed by atoms with Gasteiger partial charge < -0.3 is 15.3 Å². The van der Waals surface area contributed by atoms with Gasteiger partial charge in [0, 0.05) is 13.1 Å². The Bertz CT molecular complexity index is 596. The molecule has 2 rings (SSSR count). The number of hydrogen-bond donors (Lipinski definition) is 2. The standard InChI is InChI=1S/C15H16F4N2O3/c16-11-3-1-9(2-4-11)12(15(17,18)19)20-14(24)21-7-5-10(6-8-21)13(22)23/h1-4,10,12H,5-8H2,(H,20,24)(H,22,23)/t12-/m0/s1. The van der Waals surface area contributed by atoms with E-state index in [9.17, 15) is 27.2 Å². The summed E-state index contributed by atoms with van der Waals surface area (Å²) in [7, 11) is 0. The van der Waals surface area contributed by atoms with Crippen LogP contribution >= 0.6 is 0 Å². The lowest BCUT2D eigenvalue weighted by Crippen LogP contribution is -2.49. The molecule has 0 spiro atoms. The van der Waals surface area contributed by atoms with Gasteiger partial charge in [0.05, 0.1) is 5.92 Å². The number of carbonyl (C=O) groups excluding carboxylic acids is 1. The fraction of sp³-hybridized carbons (Fsp3) is 0.467. The minimum Gasteiger partial charge on any atom is -0.481 e. The summed E-state index contributed by atoms with van der Waals surface area (Å²) < 4.78 is 52.5. The molecule has 1 aliphatic rings. The van der Waals surface area contributed by atoms with Crippen LogP contribution in [0.2, 0.25) is 0 Å². The lowest BCUT2D eigenvalue weighted by Gasteiger charge is -2.32. The first-order chi connectivity index (χ1) is 11.2. The minimum atomic E-state index is -4.74. The number of carboxylic acids is 1. The number of nitrogens with one attached hydrogen (secondary N) is 1. The average molecular weight is 348 g/mol. The van der Waals surface area contributed by atoms with Crippen LogP contribution in [0, 0.1) is 11.7 Å². The van der Waals surface area contributed by atoms with Gasteiger partial charge in [-0.05, 0) is 30.5 Å². The first-order valence-corrected chi connectivity index (χ1v) is 7.29. The van der Waals surface area contributed by atoms with E-state index in [0.29, 0.717) is 0 Å². The zero-order valence-corrected chi connectivity index (χ0v) is 12.5. The second kappa shape index (κ2) is 7.06. The molecule has 0 aliphatic carbocycles. The van der Waals surface area contributed by atoms with Gasteiger partial charge in [0.25, 0.3) is 0 Å². The fourth-order valence-electron chi connectivity index (χ4n) is 2.55. The normalized spacial score (nSPS) is 17.4. The van der Waals surface area contributed by atoms with Gasteiger partial charge in [-0.2, -0.15) is 13.2 Å². The van der Waals surface area contributed by atoms with Gasteiger partial charge in [-0.25, -0.2) is 9.18 Å². The van der Waals surface area contributed by atoms with Gasteiger partial charge in [0.2, 0.25) is 0 Å². The number of carbonyl (C=O) groups is 2. The average Bonchev–Trinajstić information content (AvgIpc) is 2.52. The van der Waals surface area contributed by atoms with Crippen molar-refractivity contribution in [2.24, 2.45) is 5.92 Å². The summed E-state index contributed by atoms with van der Waals surface area (Å²) in [5.41, 5.74) is -0.280. The van der Waals surface area contributed by atoms with Crippen LogP contribution in [-0.2, 0) is 4.79 Å². The smallest absolute Gasteiger partial charge is 0.412 e. The topological polar surface area (TPSA) is 69.6 Å². The highest BCUT2D eigenvalue weighted by Crippen LogP contribution is 2.33. The van der Waals surface area contributed by atoms with Crippen LogP contribution in [-0.4, -0.2) is 41.3 Å². The molecule has 1 fully saturated rings. The van der Waals surface area contributed by atoms with Crippen molar-refractivity contribution in [3.63, 3.8) is 0 Å². The second-order valence-corrected chi connectivity index (χ2v) is 5.58. The highest BCUT2D eigenvalue weighted by atomic mass is 19.4. The Kier molecular flexibility index (Phi) is 5.30. The SMILES string of the molecule is O=C(O)C1CCN(C(=O)N[C@@H](c2ccc(F)cc2)C(F)(F)F)CC1. The van der Waals surface area contributed by atoms with E-state index in [-0.39, 0.29) is 31.5 Å². The molecule has 0 unspecified atom stereocenters. The van der Waals surface area contributed by atoms with Crippen LogP contribution in [0.5, 0.6) is 0 Å². The summed E-state index contributed by atoms with van der Waals surface area (Å²) >= 11 is 0. The molecule has 1 aromatic rings. The largest absolute Gasteiger partial charge is 0.481 e. The fourth-order valence-corrected chi connectivity index (χ4v) is 2.55. The number of aliphatic carboxylic acids is 1. The molecular formula is C15H16F4N2O3. The molecule has 1 aromatic carbocycles. The number of carboxylic acid groups (broad SMARTS) is 1. The first kappa shape index (κ1) is 18.0. The van der Waals surface area contributed by atoms with Crippen molar-refractivity contribution >= 4 is 12.0 Å². The van der Waals surface area contributed by atoms with Gasteiger partial charge >= 0.3 is 18.2 Å². The lowest BCUT2D eigenvalue weighted by molar-refractivity contribution is -0.155. The predicted molar refractivity (Wildman–Crippen MR) is 75.7 cm³/mol. The van der Waals surface area contributed by atoms with E-state index in [1.807, 2.05) is 5.32 Å². The quantitative estimate of drug-likeness (QED) is 0.825. The molecule has 0 radical (unpaired) electrons. The molecule has 1 aliphatic heterocycles. The highest BCUT2D eigenvalue weighted by molar-refractivity contribution is 5.76. The van der Waals surface area contributed by atoms with Crippen molar-refractivity contribution in [3.8, 4) is 0 Å². The summed E-state index contributed by atoms with van der Waals surface area (Å²) in [5.74, 6) is -2.25. The zero-order valence-electron chi connectivity index (χ0n) is 12.5. The molecule has 1 atom stereocenters. The molecule has 2 amide bonds. The van der Waals surface area contributed by atoms with Crippen LogP contribution in [0.15, 0.2) is 24.3 Å². The van der Waals surface area contributed by atoms with Crippen LogP contribution in [0.3, 0.4) is 0 Å². The van der Waals surface area contributed by atoms with E-state index in [1.165, 1.54) is 0 Å². The Balaban J connectivity index is 2.06. The molecule has 0 saturated carbocycles. The summed E-state index contributed by atoms with van der Waals surface area (Å²) in [4.78, 5) is 24.1. The van der Waals surface area contributed by atoms with Gasteiger partial charge in [-0.15, -0.1) is 0 Å². The summed E-state index contributed by atoms with van der Waals surface area (Å²) in [6, 6.07) is 0.514. The lowest BCUT2D eigenvalue weighted by atomic mass is 9.97. The van der Waals surface area contributed by atoms with Crippen LogP contribution in [0.4, 0.5) is 22.4 Å². The number of likely N-dealkylation sites (tertiary alicyclic amines) is 1. The maximum atomic E-state index is 13.2. The number of urea groups is 1. The van der Waals surface area contributed by atoms with Crippen molar-refractivity contribution < 1.29 is 32.3 Å². The number of hydrogen-bond acceptors (Lipinski definition) is 2. The molecule has 24 heavy (non-hydrogen) atoms. The first-order valence-electron chi connectivity index (χ1n) is 7.29. The third-order valence-corrected chi connectivity index (χ3v) is 3.93. The Morgan fingerprint density at radius 3 is 2.17 bits per heavy atom. The Hall–Kier alpha value is -2.32. The number of piperidine rings is 1. The van der Waals surface area contributed by atoms with Crippen LogP contribution < -0.4 is 5.32 Å². The van der Waals surface area contributed by atoms with E-state index in [2.05, 4.69) is 0 Å². The van der Waals surface area contributed by atoms with E-state index >= 15 is 0 Å². The number of benzene rings is 1. The summed E-state index contributed by atoms with van der Waals surface area (Å²) in [5, 5.41) is 10.8. The summed E-state index contributed by atoms with van der Waals surface area (Å²) in [6.07, 6.45) is -4.36. The Morgan fingerprint density at radius 1 is 1.17 bits per heavy atom. The van der Waals surface area contributed by atoms with Gasteiger partial charge in [0.1, 0.15) is 5.82 Å². The van der Waals surface area contributed by atoms with Crippen LogP contribution in [0.1, 0.15) is 24.4 Å². The van der Waals surface area contributed by atoms with E-state index in [0.717, 1.165) is 29.2 Å². The monoisotopic (exact) mass is 348 g/mol. The van der Waals surface area contributed by atoms with Gasteiger partial charge in [0.15, 0.2) is 6.04 Å². The molecule has 5 nitrogen and oxygen atoms in total. The molecule has 0 aromatic heterocycles. The van der Waals surface area contributed by atoms with Crippen molar-refractivity contribution in [2.75, 3.05) is 13.1 Å². The van der Waals surface area contributed by atoms with E-state index < -0.39 is 36.0 Å². The molecule has 1 saturated heterocycles. The van der Waals surface area contributed by atoms with Gasteiger partial charge in [-0.1, -0.05) is 12.1 Å². The number of nitrogens with zero attached hydrogens (tertiary/aromatic N) is 1. The van der Waals surface area contributed by atoms with Gasteiger partial charge in [-0.3, -0.25) is 4.79 Å². The van der Waals surface area contributed by atoms with Crippen molar-refractivity contribution in [1.82, 2.24) is 10.2 Å². The van der Waals surface area contributed by atoms with E-state index in [1.54, 1.807) is 0 Å². The number of rotatable bonds is 3. The Morgan fingerprint density at radius 2 is 1.71 bits per heavy atom. The molecule has 9 heteroatoms. The van der Waals surface area contributed by atoms with E-state index in [4.69, 9.17) is 5.11 Å². The summed E-state index contributed by atoms with van der Waals surface area (Å²) in [6.45, 7) is 0.133. The molecule has 0 bridgehead atoms. The molecule has 132 valence electrons. The number of halogens is 4. The Labute approximate surface area is 135 Å². The van der Waals surface area contributed by atoms with Crippen molar-refractivity contribution in [3.05, 3.63) is 35.6 Å². The third kappa shape index (κ3) is 4.36. The molecule has 1 heterocycles.